The molecule has 0 aliphatic carbocycles. The third-order valence-corrected chi connectivity index (χ3v) is 4.95. The highest BCUT2D eigenvalue weighted by Crippen LogP contribution is 2.30. The number of nitrogens with one attached hydrogen (secondary N) is 3. The zero-order valence-electron chi connectivity index (χ0n) is 13.7. The molecule has 0 aromatic heterocycles. The van der Waals surface area contributed by atoms with E-state index in [9.17, 15) is 9.59 Å². The van der Waals surface area contributed by atoms with Gasteiger partial charge in [0.1, 0.15) is 0 Å². The Morgan fingerprint density at radius 3 is 2.92 bits per heavy atom. The van der Waals surface area contributed by atoms with Crippen molar-refractivity contribution < 1.29 is 9.59 Å². The highest BCUT2D eigenvalue weighted by molar-refractivity contribution is 14.1. The van der Waals surface area contributed by atoms with Crippen LogP contribution in [0.4, 0.5) is 11.4 Å². The first-order valence-electron chi connectivity index (χ1n) is 8.04. The first-order valence-corrected chi connectivity index (χ1v) is 9.29. The molecule has 0 saturated heterocycles. The van der Waals surface area contributed by atoms with Crippen LogP contribution in [0.1, 0.15) is 30.9 Å². The molecular weight excluding hydrogens is 417 g/mol. The SMILES string of the molecule is CCC1=C(C(=O)Nc2cc(C)c3c(c2)CCC(=O)N3)C=CC(I)N1. The molecule has 6 heteroatoms. The smallest absolute Gasteiger partial charge is 0.257 e. The molecule has 0 radical (unpaired) electrons. The Morgan fingerprint density at radius 1 is 1.38 bits per heavy atom. The fraction of sp³-hybridized carbons (Fsp3) is 0.333. The van der Waals surface area contributed by atoms with E-state index >= 15 is 0 Å². The van der Waals surface area contributed by atoms with Crippen molar-refractivity contribution in [1.82, 2.24) is 5.32 Å². The molecule has 0 bridgehead atoms. The Balaban J connectivity index is 1.84. The number of alkyl halides is 1. The molecule has 3 rings (SSSR count). The van der Waals surface area contributed by atoms with E-state index in [1.165, 1.54) is 0 Å². The van der Waals surface area contributed by atoms with Gasteiger partial charge in [-0.05, 0) is 49.1 Å². The van der Waals surface area contributed by atoms with Gasteiger partial charge >= 0.3 is 0 Å². The van der Waals surface area contributed by atoms with Crippen LogP contribution in [-0.2, 0) is 16.0 Å². The van der Waals surface area contributed by atoms with E-state index in [2.05, 4.69) is 38.5 Å². The summed E-state index contributed by atoms with van der Waals surface area (Å²) in [6.07, 6.45) is 5.82. The number of carbonyl (C=O) groups is 2. The molecule has 24 heavy (non-hydrogen) atoms. The number of dihydropyridines is 1. The van der Waals surface area contributed by atoms with E-state index in [1.807, 2.05) is 38.1 Å². The third kappa shape index (κ3) is 3.48. The number of carbonyl (C=O) groups excluding carboxylic acids is 2. The molecule has 2 amide bonds. The summed E-state index contributed by atoms with van der Waals surface area (Å²) in [5.41, 5.74) is 5.31. The standard InChI is InChI=1S/C18H20IN3O2/c1-3-14-13(5-6-15(19)21-14)18(24)20-12-8-10(2)17-11(9-12)4-7-16(23)22-17/h5-6,8-9,15,21H,3-4,7H2,1-2H3,(H,20,24)(H,22,23). The van der Waals surface area contributed by atoms with E-state index in [-0.39, 0.29) is 15.9 Å². The van der Waals surface area contributed by atoms with Gasteiger partial charge in [-0.1, -0.05) is 35.6 Å². The van der Waals surface area contributed by atoms with Crippen LogP contribution in [0.2, 0.25) is 0 Å². The molecule has 2 aliphatic rings. The Kier molecular flexibility index (Phi) is 4.93. The van der Waals surface area contributed by atoms with Crippen LogP contribution in [0.5, 0.6) is 0 Å². The second-order valence-corrected chi connectivity index (χ2v) is 7.32. The summed E-state index contributed by atoms with van der Waals surface area (Å²) < 4.78 is 0.212. The van der Waals surface area contributed by atoms with E-state index in [0.29, 0.717) is 18.4 Å². The number of hydrogen-bond donors (Lipinski definition) is 3. The summed E-state index contributed by atoms with van der Waals surface area (Å²) in [4.78, 5) is 24.2. The first-order chi connectivity index (χ1) is 11.5. The molecule has 126 valence electrons. The van der Waals surface area contributed by atoms with Gasteiger partial charge in [0.15, 0.2) is 0 Å². The lowest BCUT2D eigenvalue weighted by Crippen LogP contribution is -2.28. The van der Waals surface area contributed by atoms with Crippen molar-refractivity contribution in [2.75, 3.05) is 10.6 Å². The van der Waals surface area contributed by atoms with Crippen LogP contribution < -0.4 is 16.0 Å². The molecular formula is C18H20IN3O2. The van der Waals surface area contributed by atoms with E-state index < -0.39 is 0 Å². The predicted octanol–water partition coefficient (Wildman–Crippen LogP) is 3.40. The first kappa shape index (κ1) is 17.0. The summed E-state index contributed by atoms with van der Waals surface area (Å²) >= 11 is 2.28. The number of aryl methyl sites for hydroxylation is 2. The highest BCUT2D eigenvalue weighted by Gasteiger charge is 2.20. The van der Waals surface area contributed by atoms with Crippen molar-refractivity contribution in [2.24, 2.45) is 0 Å². The lowest BCUT2D eigenvalue weighted by Gasteiger charge is -2.22. The van der Waals surface area contributed by atoms with Crippen LogP contribution in [-0.4, -0.2) is 15.9 Å². The summed E-state index contributed by atoms with van der Waals surface area (Å²) in [7, 11) is 0. The predicted molar refractivity (Wildman–Crippen MR) is 104 cm³/mol. The maximum Gasteiger partial charge on any atom is 0.257 e. The lowest BCUT2D eigenvalue weighted by molar-refractivity contribution is -0.116. The molecule has 0 spiro atoms. The van der Waals surface area contributed by atoms with Gasteiger partial charge < -0.3 is 16.0 Å². The molecule has 1 unspecified atom stereocenters. The highest BCUT2D eigenvalue weighted by atomic mass is 127. The minimum absolute atomic E-state index is 0.0481. The number of benzene rings is 1. The van der Waals surface area contributed by atoms with Crippen molar-refractivity contribution >= 4 is 45.8 Å². The van der Waals surface area contributed by atoms with Crippen molar-refractivity contribution in [3.8, 4) is 0 Å². The maximum atomic E-state index is 12.6. The molecule has 1 aromatic carbocycles. The molecule has 1 atom stereocenters. The Morgan fingerprint density at radius 2 is 2.17 bits per heavy atom. The normalized spacial score (nSPS) is 19.5. The second kappa shape index (κ2) is 6.96. The van der Waals surface area contributed by atoms with Crippen LogP contribution in [0.3, 0.4) is 0 Å². The zero-order valence-corrected chi connectivity index (χ0v) is 15.9. The molecule has 1 aromatic rings. The van der Waals surface area contributed by atoms with Gasteiger partial charge in [0, 0.05) is 23.5 Å². The van der Waals surface area contributed by atoms with Crippen LogP contribution in [0, 0.1) is 6.92 Å². The van der Waals surface area contributed by atoms with Crippen molar-refractivity contribution in [1.29, 1.82) is 0 Å². The minimum atomic E-state index is -0.113. The van der Waals surface area contributed by atoms with E-state index in [0.717, 1.165) is 34.6 Å². The molecule has 3 N–H and O–H groups in total. The number of halogens is 1. The largest absolute Gasteiger partial charge is 0.373 e. The maximum absolute atomic E-state index is 12.6. The molecule has 2 heterocycles. The number of rotatable bonds is 3. The average molecular weight is 437 g/mol. The van der Waals surface area contributed by atoms with Gasteiger partial charge in [-0.15, -0.1) is 0 Å². The van der Waals surface area contributed by atoms with Gasteiger partial charge in [0.25, 0.3) is 5.91 Å². The Bertz CT molecular complexity index is 768. The minimum Gasteiger partial charge on any atom is -0.373 e. The third-order valence-electron chi connectivity index (χ3n) is 4.23. The fourth-order valence-corrected chi connectivity index (χ4v) is 3.62. The lowest BCUT2D eigenvalue weighted by atomic mass is 9.98. The number of anilines is 2. The Labute approximate surface area is 155 Å². The summed E-state index contributed by atoms with van der Waals surface area (Å²) in [5, 5.41) is 9.22. The summed E-state index contributed by atoms with van der Waals surface area (Å²) in [6, 6.07) is 3.85. The second-order valence-electron chi connectivity index (χ2n) is 5.98. The number of allylic oxidation sites excluding steroid dienone is 1. The summed E-state index contributed by atoms with van der Waals surface area (Å²) in [5.74, 6) is -0.0648. The van der Waals surface area contributed by atoms with Gasteiger partial charge in [-0.2, -0.15) is 0 Å². The van der Waals surface area contributed by atoms with Gasteiger partial charge in [-0.3, -0.25) is 9.59 Å². The van der Waals surface area contributed by atoms with E-state index in [1.54, 1.807) is 0 Å². The van der Waals surface area contributed by atoms with Crippen LogP contribution >= 0.6 is 22.6 Å². The number of hydrogen-bond acceptors (Lipinski definition) is 3. The number of amides is 2. The van der Waals surface area contributed by atoms with Crippen molar-refractivity contribution in [3.63, 3.8) is 0 Å². The molecule has 5 nitrogen and oxygen atoms in total. The van der Waals surface area contributed by atoms with Crippen molar-refractivity contribution in [3.05, 3.63) is 46.7 Å². The van der Waals surface area contributed by atoms with Crippen LogP contribution in [0.25, 0.3) is 0 Å². The molecule has 2 aliphatic heterocycles. The number of fused-ring (bicyclic) bond motifs is 1. The van der Waals surface area contributed by atoms with Gasteiger partial charge in [0.05, 0.1) is 9.62 Å². The van der Waals surface area contributed by atoms with E-state index in [4.69, 9.17) is 0 Å². The topological polar surface area (TPSA) is 70.2 Å². The monoisotopic (exact) mass is 437 g/mol. The van der Waals surface area contributed by atoms with Crippen molar-refractivity contribution in [2.45, 2.75) is 37.2 Å². The van der Waals surface area contributed by atoms with Gasteiger partial charge in [0.2, 0.25) is 5.91 Å². The molecule has 0 saturated carbocycles. The quantitative estimate of drug-likeness (QED) is 0.386. The fourth-order valence-electron chi connectivity index (χ4n) is 3.04. The van der Waals surface area contributed by atoms with Gasteiger partial charge in [-0.25, -0.2) is 0 Å². The zero-order chi connectivity index (χ0) is 17.3. The molecule has 0 fully saturated rings. The average Bonchev–Trinajstić information content (AvgIpc) is 2.55. The van der Waals surface area contributed by atoms with Crippen LogP contribution in [0.15, 0.2) is 35.6 Å². The Hall–Kier alpha value is -1.83. The summed E-state index contributed by atoms with van der Waals surface area (Å²) in [6.45, 7) is 3.98.